The predicted octanol–water partition coefficient (Wildman–Crippen LogP) is 7.68. The number of benzene rings is 1. The van der Waals surface area contributed by atoms with Crippen LogP contribution in [0.15, 0.2) is 27.9 Å². The van der Waals surface area contributed by atoms with Crippen molar-refractivity contribution in [3.8, 4) is 11.5 Å². The average molecular weight is 471 g/mol. The molecule has 0 spiro atoms. The molecule has 0 heterocycles. The molecule has 0 aliphatic rings. The zero-order valence-electron chi connectivity index (χ0n) is 16.2. The van der Waals surface area contributed by atoms with Crippen LogP contribution in [-0.2, 0) is 4.84 Å². The van der Waals surface area contributed by atoms with Crippen molar-refractivity contribution in [2.75, 3.05) is 19.8 Å². The number of unbranched alkanes of at least 4 members (excludes halogenated alkanes) is 2. The predicted molar refractivity (Wildman–Crippen MR) is 120 cm³/mol. The van der Waals surface area contributed by atoms with Crippen molar-refractivity contribution >= 4 is 52.6 Å². The van der Waals surface area contributed by atoms with E-state index in [1.165, 1.54) is 6.08 Å². The van der Waals surface area contributed by atoms with Crippen molar-refractivity contribution in [1.82, 2.24) is 0 Å². The van der Waals surface area contributed by atoms with E-state index in [0.717, 1.165) is 32.1 Å². The second kappa shape index (κ2) is 15.1. The van der Waals surface area contributed by atoms with Gasteiger partial charge in [0.2, 0.25) is 0 Å². The molecule has 28 heavy (non-hydrogen) atoms. The van der Waals surface area contributed by atoms with Gasteiger partial charge in [-0.1, -0.05) is 65.4 Å². The molecule has 0 saturated carbocycles. The molecule has 0 aliphatic heterocycles. The van der Waals surface area contributed by atoms with Crippen LogP contribution in [0.4, 0.5) is 0 Å². The first kappa shape index (κ1) is 25.2. The van der Waals surface area contributed by atoms with E-state index >= 15 is 0 Å². The Morgan fingerprint density at radius 3 is 2.25 bits per heavy atom. The van der Waals surface area contributed by atoms with Crippen LogP contribution < -0.4 is 9.47 Å². The molecule has 1 aromatic rings. The molecule has 0 unspecified atom stereocenters. The summed E-state index contributed by atoms with van der Waals surface area (Å²) >= 11 is 23.5. The van der Waals surface area contributed by atoms with Gasteiger partial charge in [0, 0.05) is 18.3 Å². The summed E-state index contributed by atoms with van der Waals surface area (Å²) in [6, 6.07) is 3.29. The highest BCUT2D eigenvalue weighted by molar-refractivity contribution is 6.55. The van der Waals surface area contributed by atoms with Gasteiger partial charge in [-0.2, -0.15) is 0 Å². The number of hydrogen-bond donors (Lipinski definition) is 0. The molecule has 8 heteroatoms. The van der Waals surface area contributed by atoms with Crippen LogP contribution >= 0.6 is 46.4 Å². The maximum Gasteiger partial charge on any atom is 0.156 e. The van der Waals surface area contributed by atoms with Crippen molar-refractivity contribution in [2.24, 2.45) is 11.1 Å². The van der Waals surface area contributed by atoms with Crippen molar-refractivity contribution in [3.05, 3.63) is 32.7 Å². The number of rotatable bonds is 14. The van der Waals surface area contributed by atoms with Crippen LogP contribution in [0.1, 0.15) is 46.0 Å². The first-order valence-electron chi connectivity index (χ1n) is 9.39. The van der Waals surface area contributed by atoms with Gasteiger partial charge in [0.1, 0.15) is 23.5 Å². The highest BCUT2D eigenvalue weighted by Gasteiger charge is 2.10. The molecule has 4 nitrogen and oxygen atoms in total. The molecule has 0 radical (unpaired) electrons. The number of oxime groups is 1. The highest BCUT2D eigenvalue weighted by atomic mass is 35.5. The number of ether oxygens (including phenoxy) is 2. The molecule has 1 aromatic carbocycles. The Hall–Kier alpha value is -0.810. The topological polar surface area (TPSA) is 40.0 Å². The van der Waals surface area contributed by atoms with E-state index < -0.39 is 0 Å². The summed E-state index contributed by atoms with van der Waals surface area (Å²) in [5.41, 5.74) is 0. The minimum Gasteiger partial charge on any atom is -0.490 e. The zero-order valence-corrected chi connectivity index (χ0v) is 19.3. The van der Waals surface area contributed by atoms with E-state index in [2.05, 4.69) is 19.0 Å². The fourth-order valence-corrected chi connectivity index (χ4v) is 2.96. The lowest BCUT2D eigenvalue weighted by Gasteiger charge is -2.12. The van der Waals surface area contributed by atoms with Crippen LogP contribution in [0.5, 0.6) is 11.5 Å². The summed E-state index contributed by atoms with van der Waals surface area (Å²) in [6.07, 6.45) is 8.31. The zero-order chi connectivity index (χ0) is 20.8. The molecule has 0 N–H and O–H groups in total. The molecule has 1 rings (SSSR count). The number of halogens is 4. The van der Waals surface area contributed by atoms with Gasteiger partial charge < -0.3 is 14.3 Å². The highest BCUT2D eigenvalue weighted by Crippen LogP contribution is 2.37. The molecular formula is C20H27Cl4NO3. The quantitative estimate of drug-likeness (QED) is 0.159. The van der Waals surface area contributed by atoms with E-state index in [0.29, 0.717) is 40.7 Å². The summed E-state index contributed by atoms with van der Waals surface area (Å²) in [4.78, 5) is 5.28. The Kier molecular flexibility index (Phi) is 13.6. The van der Waals surface area contributed by atoms with Gasteiger partial charge in [-0.05, 0) is 44.1 Å². The molecule has 0 amide bonds. The van der Waals surface area contributed by atoms with Gasteiger partial charge in [0.05, 0.1) is 16.7 Å². The SMILES string of the molecule is CCC(C=NOCCCCCOc1c(Cl)cc(OCC=C(Cl)Cl)cc1Cl)CC. The van der Waals surface area contributed by atoms with Crippen molar-refractivity contribution in [2.45, 2.75) is 46.0 Å². The largest absolute Gasteiger partial charge is 0.490 e. The van der Waals surface area contributed by atoms with E-state index in [-0.39, 0.29) is 11.1 Å². The summed E-state index contributed by atoms with van der Waals surface area (Å²) in [6.45, 7) is 5.63. The maximum absolute atomic E-state index is 6.23. The molecule has 0 saturated heterocycles. The molecule has 0 atom stereocenters. The third-order valence-corrected chi connectivity index (χ3v) is 4.85. The molecule has 0 bridgehead atoms. The third kappa shape index (κ3) is 10.7. The Bertz CT molecular complexity index is 607. The minimum atomic E-state index is 0.139. The second-order valence-electron chi connectivity index (χ2n) is 6.09. The van der Waals surface area contributed by atoms with E-state index in [1.807, 2.05) is 6.21 Å². The lowest BCUT2D eigenvalue weighted by atomic mass is 10.1. The summed E-state index contributed by atoms with van der Waals surface area (Å²) < 4.78 is 11.3. The van der Waals surface area contributed by atoms with Crippen LogP contribution in [0, 0.1) is 5.92 Å². The second-order valence-corrected chi connectivity index (χ2v) is 7.92. The van der Waals surface area contributed by atoms with Crippen LogP contribution in [0.25, 0.3) is 0 Å². The van der Waals surface area contributed by atoms with Crippen LogP contribution in [0.2, 0.25) is 10.0 Å². The molecule has 0 aromatic heterocycles. The maximum atomic E-state index is 6.23. The van der Waals surface area contributed by atoms with Gasteiger partial charge in [-0.3, -0.25) is 0 Å². The molecular weight excluding hydrogens is 444 g/mol. The minimum absolute atomic E-state index is 0.139. The first-order valence-corrected chi connectivity index (χ1v) is 10.9. The van der Waals surface area contributed by atoms with Gasteiger partial charge in [0.15, 0.2) is 5.75 Å². The van der Waals surface area contributed by atoms with Crippen molar-refractivity contribution in [3.63, 3.8) is 0 Å². The van der Waals surface area contributed by atoms with Gasteiger partial charge in [-0.15, -0.1) is 0 Å². The van der Waals surface area contributed by atoms with Gasteiger partial charge >= 0.3 is 0 Å². The van der Waals surface area contributed by atoms with Crippen molar-refractivity contribution < 1.29 is 14.3 Å². The van der Waals surface area contributed by atoms with E-state index in [1.54, 1.807) is 12.1 Å². The molecule has 0 fully saturated rings. The fraction of sp³-hybridized carbons (Fsp3) is 0.550. The third-order valence-electron chi connectivity index (χ3n) is 3.98. The van der Waals surface area contributed by atoms with Gasteiger partial charge in [0.25, 0.3) is 0 Å². The Balaban J connectivity index is 2.27. The normalized spacial score (nSPS) is 11.1. The fourth-order valence-electron chi connectivity index (χ4n) is 2.26. The average Bonchev–Trinajstić information content (AvgIpc) is 2.65. The lowest BCUT2D eigenvalue weighted by molar-refractivity contribution is 0.138. The Labute approximate surface area is 187 Å². The smallest absolute Gasteiger partial charge is 0.156 e. The number of nitrogens with zero attached hydrogens (tertiary/aromatic N) is 1. The van der Waals surface area contributed by atoms with E-state index in [4.69, 9.17) is 60.7 Å². The first-order chi connectivity index (χ1) is 13.5. The summed E-state index contributed by atoms with van der Waals surface area (Å²) in [5.74, 6) is 1.46. The van der Waals surface area contributed by atoms with Crippen LogP contribution in [-0.4, -0.2) is 26.0 Å². The standard InChI is InChI=1S/C20H27Cl4NO3/c1-3-15(4-2)14-25-28-10-7-5-6-9-27-20-17(21)12-16(13-18(20)22)26-11-8-19(23)24/h8,12-15H,3-7,9-11H2,1-2H3. The molecule has 158 valence electrons. The Morgan fingerprint density at radius 1 is 1.00 bits per heavy atom. The lowest BCUT2D eigenvalue weighted by Crippen LogP contribution is -2.01. The monoisotopic (exact) mass is 469 g/mol. The van der Waals surface area contributed by atoms with Gasteiger partial charge in [-0.25, -0.2) is 0 Å². The number of hydrogen-bond acceptors (Lipinski definition) is 4. The van der Waals surface area contributed by atoms with Crippen LogP contribution in [0.3, 0.4) is 0 Å². The van der Waals surface area contributed by atoms with E-state index in [9.17, 15) is 0 Å². The molecule has 0 aliphatic carbocycles. The summed E-state index contributed by atoms with van der Waals surface area (Å²) in [7, 11) is 0. The van der Waals surface area contributed by atoms with Crippen molar-refractivity contribution in [1.29, 1.82) is 0 Å². The summed E-state index contributed by atoms with van der Waals surface area (Å²) in [5, 5.41) is 4.80. The Morgan fingerprint density at radius 2 is 1.64 bits per heavy atom.